The zero-order chi connectivity index (χ0) is 51.9. The van der Waals surface area contributed by atoms with E-state index in [1.807, 2.05) is 0 Å². The summed E-state index contributed by atoms with van der Waals surface area (Å²) in [5, 5.41) is 133. The first-order valence-corrected chi connectivity index (χ1v) is 22.9. The van der Waals surface area contributed by atoms with Gasteiger partial charge in [-0.15, -0.1) is 0 Å². The molecule has 14 unspecified atom stereocenters. The number of carboxylic acids is 1. The van der Waals surface area contributed by atoms with Crippen LogP contribution in [0.3, 0.4) is 0 Å². The summed E-state index contributed by atoms with van der Waals surface area (Å²) in [4.78, 5) is 49.9. The van der Waals surface area contributed by atoms with Gasteiger partial charge in [0.15, 0.2) is 18.9 Å². The van der Waals surface area contributed by atoms with Crippen molar-refractivity contribution in [2.45, 2.75) is 180 Å². The average molecular weight is 1020 g/mol. The fourth-order valence-electron chi connectivity index (χ4n) is 8.35. The number of hydrogen-bond acceptors (Lipinski definition) is 25. The van der Waals surface area contributed by atoms with Gasteiger partial charge in [-0.3, -0.25) is 9.59 Å². The number of carbonyl (C=O) groups excluding carboxylic acids is 3. The topological polar surface area (TPSA) is 427 Å². The summed E-state index contributed by atoms with van der Waals surface area (Å²) >= 11 is 0. The van der Waals surface area contributed by atoms with Crippen LogP contribution in [0.2, 0.25) is 0 Å². The molecule has 70 heavy (non-hydrogen) atoms. The molecular formula is C42H70N2O26. The van der Waals surface area contributed by atoms with Crippen LogP contribution in [0.5, 0.6) is 0 Å². The number of nitrogens with one attached hydrogen (secondary N) is 2. The summed E-state index contributed by atoms with van der Waals surface area (Å²) < 4.78 is 57.1. The molecule has 0 radical (unpaired) electrons. The number of methoxy groups -OCH3 is 1. The number of aliphatic carboxylic acids is 1. The van der Waals surface area contributed by atoms with E-state index in [9.17, 15) is 80.5 Å². The molecule has 4 rings (SSSR count). The van der Waals surface area contributed by atoms with Crippen molar-refractivity contribution in [3.63, 3.8) is 0 Å². The van der Waals surface area contributed by atoms with E-state index in [1.54, 1.807) is 0 Å². The fourth-order valence-corrected chi connectivity index (χ4v) is 8.35. The Morgan fingerprint density at radius 2 is 1.41 bits per heavy atom. The number of amides is 2. The first-order valence-electron chi connectivity index (χ1n) is 22.9. The molecule has 4 saturated heterocycles. The number of aliphatic hydroxyl groups is 11. The normalized spacial score (nSPS) is 37.6. The van der Waals surface area contributed by atoms with E-state index in [2.05, 4.69) is 21.9 Å². The number of carbonyl (C=O) groups is 4. The van der Waals surface area contributed by atoms with Crippen molar-refractivity contribution in [3.8, 4) is 0 Å². The lowest BCUT2D eigenvalue weighted by Crippen LogP contribution is -2.71. The SMILES string of the molecule is C=CCOC(=O)NC1C(OC2OC(CO)[C@H](O)C(O[C@]3(C(=O)O)CC(O)[C@@H](NC(C)=O)C(C(O)C(O)CO)O3)C2O)[C@H](OC2OC[C@@H](O)C(O)C2O)C(CO)O[C@H]1OCCCCCCCCC(=O)OC. The molecule has 0 aromatic heterocycles. The Kier molecular flexibility index (Phi) is 23.9. The lowest BCUT2D eigenvalue weighted by molar-refractivity contribution is -0.388. The van der Waals surface area contributed by atoms with Gasteiger partial charge in [-0.25, -0.2) is 9.59 Å². The Labute approximate surface area is 401 Å². The molecule has 0 spiro atoms. The molecular weight excluding hydrogens is 948 g/mol. The van der Waals surface area contributed by atoms with Crippen LogP contribution in [0.4, 0.5) is 4.79 Å². The van der Waals surface area contributed by atoms with Crippen LogP contribution < -0.4 is 10.6 Å². The lowest BCUT2D eigenvalue weighted by Gasteiger charge is -2.51. The zero-order valence-corrected chi connectivity index (χ0v) is 38.7. The quantitative estimate of drug-likeness (QED) is 0.0218. The molecule has 28 heteroatoms. The Morgan fingerprint density at radius 1 is 0.771 bits per heavy atom. The minimum Gasteiger partial charge on any atom is -0.477 e. The Morgan fingerprint density at radius 3 is 2.03 bits per heavy atom. The van der Waals surface area contributed by atoms with Crippen LogP contribution in [-0.4, -0.2) is 254 Å². The first kappa shape index (κ1) is 59.2. The van der Waals surface area contributed by atoms with Crippen LogP contribution in [0.15, 0.2) is 12.7 Å². The maximum absolute atomic E-state index is 13.3. The zero-order valence-electron chi connectivity index (χ0n) is 38.7. The Balaban J connectivity index is 1.72. The van der Waals surface area contributed by atoms with E-state index < -0.39 is 173 Å². The molecule has 404 valence electrons. The van der Waals surface area contributed by atoms with Crippen LogP contribution in [0.1, 0.15) is 58.3 Å². The molecule has 0 bridgehead atoms. The second-order valence-corrected chi connectivity index (χ2v) is 17.2. The van der Waals surface area contributed by atoms with Gasteiger partial charge in [-0.1, -0.05) is 38.3 Å². The maximum Gasteiger partial charge on any atom is 0.407 e. The molecule has 0 saturated carbocycles. The first-order chi connectivity index (χ1) is 33.3. The summed E-state index contributed by atoms with van der Waals surface area (Å²) in [6, 6.07) is -3.25. The second-order valence-electron chi connectivity index (χ2n) is 17.2. The van der Waals surface area contributed by atoms with Gasteiger partial charge >= 0.3 is 18.0 Å². The van der Waals surface area contributed by atoms with Crippen molar-refractivity contribution in [1.29, 1.82) is 0 Å². The molecule has 2 amide bonds. The predicted molar refractivity (Wildman–Crippen MR) is 227 cm³/mol. The third kappa shape index (κ3) is 15.3. The molecule has 4 fully saturated rings. The highest BCUT2D eigenvalue weighted by Gasteiger charge is 2.61. The number of esters is 1. The number of hydrogen-bond donors (Lipinski definition) is 14. The van der Waals surface area contributed by atoms with Gasteiger partial charge in [0.25, 0.3) is 5.79 Å². The van der Waals surface area contributed by atoms with Crippen molar-refractivity contribution >= 4 is 23.9 Å². The second kappa shape index (κ2) is 28.2. The highest BCUT2D eigenvalue weighted by molar-refractivity contribution is 5.76. The maximum atomic E-state index is 13.3. The van der Waals surface area contributed by atoms with Crippen LogP contribution in [0, 0.1) is 0 Å². The molecule has 4 heterocycles. The minimum atomic E-state index is -3.16. The van der Waals surface area contributed by atoms with E-state index in [-0.39, 0.29) is 25.6 Å². The third-order valence-electron chi connectivity index (χ3n) is 12.1. The van der Waals surface area contributed by atoms with E-state index in [0.29, 0.717) is 19.3 Å². The molecule has 0 aromatic rings. The van der Waals surface area contributed by atoms with E-state index in [0.717, 1.165) is 26.2 Å². The van der Waals surface area contributed by atoms with Crippen LogP contribution >= 0.6 is 0 Å². The Hall–Kier alpha value is -3.34. The number of ether oxygens (including phenoxy) is 10. The standard InChI is InChI=1S/C42H70N2O26/c1-4-12-63-41(60)44-27-35(33(67-38-31(56)28(53)22(51)18-64-38)24(17-47)66-37(27)62-13-10-8-6-5-7-9-11-25(52)61-3)68-39-32(57)36(30(55)23(16-46)65-39)70-42(40(58)59)14-20(49)26(43-19(2)48)34(69-42)29(54)21(50)15-45/h4,20-24,26-39,45-47,49-51,53-57H,1,5-18H2,2-3H3,(H,43,48)(H,44,60)(H,58,59)/t20?,21?,22-,23?,24?,26-,27?,28?,29?,30+,31?,32?,33-,34?,35?,36?,37-,38?,39?,42+/m1/s1. The molecule has 14 N–H and O–H groups in total. The van der Waals surface area contributed by atoms with Crippen molar-refractivity contribution in [2.24, 2.45) is 0 Å². The van der Waals surface area contributed by atoms with Crippen molar-refractivity contribution < 1.29 is 128 Å². The monoisotopic (exact) mass is 1020 g/mol. The molecule has 20 atom stereocenters. The van der Waals surface area contributed by atoms with Crippen LogP contribution in [-0.2, 0) is 61.8 Å². The molecule has 28 nitrogen and oxygen atoms in total. The lowest BCUT2D eigenvalue weighted by atomic mass is 9.88. The largest absolute Gasteiger partial charge is 0.477 e. The van der Waals surface area contributed by atoms with Gasteiger partial charge in [0, 0.05) is 26.4 Å². The Bertz CT molecular complexity index is 1650. The average Bonchev–Trinajstić information content (AvgIpc) is 3.33. The van der Waals surface area contributed by atoms with Gasteiger partial charge in [0.05, 0.1) is 45.7 Å². The van der Waals surface area contributed by atoms with E-state index >= 15 is 0 Å². The highest BCUT2D eigenvalue weighted by Crippen LogP contribution is 2.39. The van der Waals surface area contributed by atoms with Gasteiger partial charge in [0.2, 0.25) is 5.91 Å². The third-order valence-corrected chi connectivity index (χ3v) is 12.1. The van der Waals surface area contributed by atoms with Crippen molar-refractivity contribution in [1.82, 2.24) is 10.6 Å². The summed E-state index contributed by atoms with van der Waals surface area (Å²) in [5.41, 5.74) is 0. The molecule has 4 aliphatic heterocycles. The predicted octanol–water partition coefficient (Wildman–Crippen LogP) is -5.91. The number of aliphatic hydroxyl groups excluding tert-OH is 11. The fraction of sp³-hybridized carbons (Fsp3) is 0.857. The number of carboxylic acid groups (broad SMARTS) is 1. The van der Waals surface area contributed by atoms with Crippen LogP contribution in [0.25, 0.3) is 0 Å². The van der Waals surface area contributed by atoms with E-state index in [4.69, 9.17) is 42.6 Å². The number of alkyl carbamates (subject to hydrolysis) is 1. The number of unbranched alkanes of at least 4 members (excludes halogenated alkanes) is 5. The number of rotatable bonds is 26. The molecule has 0 aromatic carbocycles. The minimum absolute atomic E-state index is 0.0359. The molecule has 4 aliphatic rings. The van der Waals surface area contributed by atoms with E-state index in [1.165, 1.54) is 13.2 Å². The summed E-state index contributed by atoms with van der Waals surface area (Å²) in [5.74, 6) is -6.30. The smallest absolute Gasteiger partial charge is 0.407 e. The van der Waals surface area contributed by atoms with Gasteiger partial charge in [0.1, 0.15) is 92.0 Å². The van der Waals surface area contributed by atoms with Gasteiger partial charge in [-0.2, -0.15) is 0 Å². The summed E-state index contributed by atoms with van der Waals surface area (Å²) in [6.07, 6.45) is -29.5. The van der Waals surface area contributed by atoms with Gasteiger partial charge < -0.3 is 119 Å². The van der Waals surface area contributed by atoms with Crippen molar-refractivity contribution in [2.75, 3.05) is 46.8 Å². The highest BCUT2D eigenvalue weighted by atomic mass is 16.8. The summed E-state index contributed by atoms with van der Waals surface area (Å²) in [7, 11) is 1.31. The molecule has 0 aliphatic carbocycles. The van der Waals surface area contributed by atoms with Crippen molar-refractivity contribution in [3.05, 3.63) is 12.7 Å². The summed E-state index contributed by atoms with van der Waals surface area (Å²) in [6.45, 7) is 0.518. The van der Waals surface area contributed by atoms with Gasteiger partial charge in [-0.05, 0) is 12.8 Å².